The summed E-state index contributed by atoms with van der Waals surface area (Å²) >= 11 is 0. The number of ketones is 1. The number of aryl methyl sites for hydroxylation is 2. The highest BCUT2D eigenvalue weighted by Gasteiger charge is 2.33. The van der Waals surface area contributed by atoms with Gasteiger partial charge in [-0.1, -0.05) is 26.2 Å². The van der Waals surface area contributed by atoms with Crippen LogP contribution in [0.2, 0.25) is 0 Å². The first-order valence-corrected chi connectivity index (χ1v) is 13.4. The number of Topliss-reactive ketones (excluding diaryl/α,β-unsaturated/α-hetero) is 1. The molecule has 2 aromatic rings. The summed E-state index contributed by atoms with van der Waals surface area (Å²) in [7, 11) is -3.56. The number of hydrogen-bond donors (Lipinski definition) is 1. The summed E-state index contributed by atoms with van der Waals surface area (Å²) < 4.78 is 28.9. The number of aromatic nitrogens is 1. The minimum absolute atomic E-state index is 0.170. The number of sulfonamides is 1. The third kappa shape index (κ3) is 3.74. The minimum atomic E-state index is -3.56. The smallest absolute Gasteiger partial charge is 0.243 e. The van der Waals surface area contributed by atoms with Gasteiger partial charge in [-0.15, -0.1) is 0 Å². The normalized spacial score (nSPS) is 22.2. The van der Waals surface area contributed by atoms with E-state index in [2.05, 4.69) is 9.88 Å². The van der Waals surface area contributed by atoms with E-state index in [1.165, 1.54) is 32.1 Å². The monoisotopic (exact) mass is 443 g/mol. The van der Waals surface area contributed by atoms with Gasteiger partial charge in [-0.3, -0.25) is 9.69 Å². The molecule has 1 N–H and O–H groups in total. The van der Waals surface area contributed by atoms with Crippen molar-refractivity contribution in [3.63, 3.8) is 0 Å². The van der Waals surface area contributed by atoms with Crippen LogP contribution in [0.25, 0.3) is 10.9 Å². The van der Waals surface area contributed by atoms with Gasteiger partial charge in [0.1, 0.15) is 0 Å². The Bertz CT molecular complexity index is 1090. The van der Waals surface area contributed by atoms with Crippen LogP contribution >= 0.6 is 0 Å². The largest absolute Gasteiger partial charge is 0.358 e. The first-order chi connectivity index (χ1) is 15.0. The Kier molecular flexibility index (Phi) is 5.69. The van der Waals surface area contributed by atoms with E-state index < -0.39 is 10.0 Å². The molecule has 0 bridgehead atoms. The van der Waals surface area contributed by atoms with Gasteiger partial charge in [0.25, 0.3) is 0 Å². The van der Waals surface area contributed by atoms with Gasteiger partial charge >= 0.3 is 0 Å². The first-order valence-electron chi connectivity index (χ1n) is 11.9. The molecular weight excluding hydrogens is 410 g/mol. The molecule has 0 radical (unpaired) electrons. The lowest BCUT2D eigenvalue weighted by molar-refractivity contribution is 0.0974. The summed E-state index contributed by atoms with van der Waals surface area (Å²) in [5.74, 6) is 0.170. The zero-order valence-corrected chi connectivity index (χ0v) is 19.3. The maximum absolute atomic E-state index is 13.6. The van der Waals surface area contributed by atoms with Crippen LogP contribution in [0.5, 0.6) is 0 Å². The topological polar surface area (TPSA) is 73.5 Å². The second-order valence-electron chi connectivity index (χ2n) is 9.35. The molecule has 3 aliphatic rings. The van der Waals surface area contributed by atoms with E-state index in [1.54, 1.807) is 10.4 Å². The van der Waals surface area contributed by atoms with E-state index in [4.69, 9.17) is 0 Å². The highest BCUT2D eigenvalue weighted by atomic mass is 32.2. The summed E-state index contributed by atoms with van der Waals surface area (Å²) in [6.07, 6.45) is 9.34. The van der Waals surface area contributed by atoms with E-state index >= 15 is 0 Å². The van der Waals surface area contributed by atoms with Crippen molar-refractivity contribution in [1.29, 1.82) is 0 Å². The van der Waals surface area contributed by atoms with Crippen LogP contribution in [0, 0.1) is 0 Å². The van der Waals surface area contributed by atoms with Crippen molar-refractivity contribution < 1.29 is 13.2 Å². The number of nitrogens with zero attached hydrogens (tertiary/aromatic N) is 2. The van der Waals surface area contributed by atoms with Crippen LogP contribution in [-0.2, 0) is 22.9 Å². The van der Waals surface area contributed by atoms with E-state index in [-0.39, 0.29) is 5.78 Å². The molecule has 168 valence electrons. The fourth-order valence-corrected chi connectivity index (χ4v) is 7.51. The van der Waals surface area contributed by atoms with Crippen molar-refractivity contribution in [3.05, 3.63) is 29.0 Å². The van der Waals surface area contributed by atoms with Gasteiger partial charge in [0.15, 0.2) is 5.78 Å². The van der Waals surface area contributed by atoms with Crippen LogP contribution in [-0.4, -0.2) is 60.6 Å². The fourth-order valence-electron chi connectivity index (χ4n) is 5.79. The lowest BCUT2D eigenvalue weighted by atomic mass is 9.94. The Morgan fingerprint density at radius 3 is 2.45 bits per heavy atom. The molecule has 2 aliphatic carbocycles. The highest BCUT2D eigenvalue weighted by Crippen LogP contribution is 2.34. The Balaban J connectivity index is 1.43. The van der Waals surface area contributed by atoms with E-state index in [0.717, 1.165) is 53.7 Å². The zero-order chi connectivity index (χ0) is 21.6. The predicted octanol–water partition coefficient (Wildman–Crippen LogP) is 3.89. The summed E-state index contributed by atoms with van der Waals surface area (Å²) in [6.45, 7) is 4.74. The fraction of sp³-hybridized carbons (Fsp3) is 0.625. The van der Waals surface area contributed by atoms with Crippen molar-refractivity contribution in [2.24, 2.45) is 0 Å². The number of H-pyrrole nitrogens is 1. The number of carbonyl (C=O) groups excluding carboxylic acids is 1. The number of fused-ring (bicyclic) bond motifs is 3. The molecule has 2 heterocycles. The minimum Gasteiger partial charge on any atom is -0.358 e. The summed E-state index contributed by atoms with van der Waals surface area (Å²) in [5.41, 5.74) is 3.32. The standard InChI is InChI=1S/C24H33N3O3S/c1-2-17-15-19-21(25-20-9-6-10-22(28)24(19)20)16-23(17)31(29,30)27-13-11-26(12-14-27)18-7-4-3-5-8-18/h15-16,18,25H,2-14H2,1H3. The molecule has 5 rings (SSSR count). The van der Waals surface area contributed by atoms with Gasteiger partial charge in [0.05, 0.1) is 4.90 Å². The van der Waals surface area contributed by atoms with Crippen molar-refractivity contribution in [2.45, 2.75) is 75.6 Å². The third-order valence-corrected chi connectivity index (χ3v) is 9.51. The quantitative estimate of drug-likeness (QED) is 0.778. The number of carbonyl (C=O) groups is 1. The second-order valence-corrected chi connectivity index (χ2v) is 11.3. The van der Waals surface area contributed by atoms with Crippen LogP contribution < -0.4 is 0 Å². The molecule has 6 nitrogen and oxygen atoms in total. The average molecular weight is 444 g/mol. The van der Waals surface area contributed by atoms with Gasteiger partial charge in [0.2, 0.25) is 10.0 Å². The summed E-state index contributed by atoms with van der Waals surface area (Å²) in [4.78, 5) is 18.8. The summed E-state index contributed by atoms with van der Waals surface area (Å²) in [5, 5.41) is 0.887. The van der Waals surface area contributed by atoms with E-state index in [0.29, 0.717) is 36.9 Å². The van der Waals surface area contributed by atoms with Crippen LogP contribution in [0.4, 0.5) is 0 Å². The van der Waals surface area contributed by atoms with Crippen LogP contribution in [0.3, 0.4) is 0 Å². The SMILES string of the molecule is CCc1cc2c3c([nH]c2cc1S(=O)(=O)N1CCN(C2CCCCC2)CC1)CCCC3=O. The second kappa shape index (κ2) is 8.34. The van der Waals surface area contributed by atoms with Crippen molar-refractivity contribution in [3.8, 4) is 0 Å². The number of nitrogens with one attached hydrogen (secondary N) is 1. The molecule has 0 amide bonds. The lowest BCUT2D eigenvalue weighted by Gasteiger charge is -2.40. The number of piperazine rings is 1. The average Bonchev–Trinajstić information content (AvgIpc) is 3.17. The van der Waals surface area contributed by atoms with Gasteiger partial charge in [-0.2, -0.15) is 4.31 Å². The number of hydrogen-bond acceptors (Lipinski definition) is 4. The molecule has 1 aromatic heterocycles. The van der Waals surface area contributed by atoms with E-state index in [1.807, 2.05) is 13.0 Å². The molecular formula is C24H33N3O3S. The van der Waals surface area contributed by atoms with E-state index in [9.17, 15) is 13.2 Å². The Morgan fingerprint density at radius 1 is 1.00 bits per heavy atom. The molecule has 1 saturated carbocycles. The maximum atomic E-state index is 13.6. The van der Waals surface area contributed by atoms with Crippen molar-refractivity contribution >= 4 is 26.7 Å². The van der Waals surface area contributed by atoms with Gasteiger partial charge < -0.3 is 4.98 Å². The Labute approximate surface area is 185 Å². The molecule has 1 aromatic carbocycles. The molecule has 7 heteroatoms. The van der Waals surface area contributed by atoms with Crippen molar-refractivity contribution in [1.82, 2.24) is 14.2 Å². The molecule has 0 unspecified atom stereocenters. The van der Waals surface area contributed by atoms with Gasteiger partial charge in [0, 0.05) is 60.8 Å². The Morgan fingerprint density at radius 2 is 1.74 bits per heavy atom. The van der Waals surface area contributed by atoms with Crippen molar-refractivity contribution in [2.75, 3.05) is 26.2 Å². The molecule has 31 heavy (non-hydrogen) atoms. The number of rotatable bonds is 4. The molecule has 2 fully saturated rings. The highest BCUT2D eigenvalue weighted by molar-refractivity contribution is 7.89. The first kappa shape index (κ1) is 21.2. The number of aromatic amines is 1. The maximum Gasteiger partial charge on any atom is 0.243 e. The number of benzene rings is 1. The lowest BCUT2D eigenvalue weighted by Crippen LogP contribution is -2.52. The molecule has 0 spiro atoms. The molecule has 0 atom stereocenters. The summed E-state index contributed by atoms with van der Waals surface area (Å²) in [6, 6.07) is 4.35. The van der Waals surface area contributed by atoms with Gasteiger partial charge in [-0.25, -0.2) is 8.42 Å². The van der Waals surface area contributed by atoms with Gasteiger partial charge in [-0.05, 0) is 49.8 Å². The van der Waals surface area contributed by atoms with Crippen LogP contribution in [0.1, 0.15) is 73.5 Å². The molecule has 1 aliphatic heterocycles. The molecule has 1 saturated heterocycles. The van der Waals surface area contributed by atoms with Crippen LogP contribution in [0.15, 0.2) is 17.0 Å². The predicted molar refractivity (Wildman–Crippen MR) is 122 cm³/mol. The third-order valence-electron chi connectivity index (χ3n) is 7.53. The Hall–Kier alpha value is -1.70. The zero-order valence-electron chi connectivity index (χ0n) is 18.5.